The molecule has 2 atom stereocenters. The van der Waals surface area contributed by atoms with Gasteiger partial charge in [-0.25, -0.2) is 0 Å². The summed E-state index contributed by atoms with van der Waals surface area (Å²) in [6.07, 6.45) is 3.73. The van der Waals surface area contributed by atoms with E-state index < -0.39 is 13.3 Å². The van der Waals surface area contributed by atoms with Crippen LogP contribution >= 0.6 is 7.24 Å². The quantitative estimate of drug-likeness (QED) is 0.526. The molecular weight excluding hydrogens is 184 g/mol. The van der Waals surface area contributed by atoms with Gasteiger partial charge in [0.1, 0.15) is 0 Å². The Morgan fingerprint density at radius 2 is 2.62 bits per heavy atom. The average Bonchev–Trinajstić information content (AvgIpc) is 2.55. The molecule has 0 aliphatic heterocycles. The summed E-state index contributed by atoms with van der Waals surface area (Å²) in [6, 6.07) is -0.524. The van der Waals surface area contributed by atoms with Crippen molar-refractivity contribution in [1.82, 2.24) is 9.97 Å². The number of H-pyrrole nitrogens is 1. The number of nitrogens with zero attached hydrogens (tertiary/aromatic N) is 1. The Kier molecular flexibility index (Phi) is 3.52. The molecule has 2 unspecified atom stereocenters. The van der Waals surface area contributed by atoms with Crippen LogP contribution in [0.15, 0.2) is 12.5 Å². The van der Waals surface area contributed by atoms with Crippen LogP contribution in [0.25, 0.3) is 0 Å². The Morgan fingerprint density at radius 1 is 1.92 bits per heavy atom. The zero-order valence-corrected chi connectivity index (χ0v) is 8.29. The Balaban J connectivity index is 2.57. The number of nitrogens with one attached hydrogen (secondary N) is 1. The second-order valence-corrected chi connectivity index (χ2v) is 4.48. The molecule has 0 saturated heterocycles. The van der Waals surface area contributed by atoms with Crippen LogP contribution in [-0.4, -0.2) is 35.2 Å². The molecule has 3 N–H and O–H groups in total. The van der Waals surface area contributed by atoms with Crippen molar-refractivity contribution in [3.63, 3.8) is 0 Å². The van der Waals surface area contributed by atoms with Gasteiger partial charge in [0.15, 0.2) is 0 Å². The predicted molar refractivity (Wildman–Crippen MR) is 53.9 cm³/mol. The van der Waals surface area contributed by atoms with Crippen molar-refractivity contribution in [2.75, 3.05) is 6.66 Å². The summed E-state index contributed by atoms with van der Waals surface area (Å²) in [4.78, 5) is 18.1. The van der Waals surface area contributed by atoms with Crippen molar-refractivity contribution >= 4 is 19.8 Å². The molecule has 13 heavy (non-hydrogen) atoms. The maximum atomic E-state index is 11.3. The zero-order valence-electron chi connectivity index (χ0n) is 7.40. The van der Waals surface area contributed by atoms with E-state index in [1.807, 2.05) is 0 Å². The van der Waals surface area contributed by atoms with Gasteiger partial charge in [-0.1, -0.05) is 0 Å². The number of rotatable bonds is 3. The van der Waals surface area contributed by atoms with Crippen LogP contribution in [0.3, 0.4) is 0 Å². The van der Waals surface area contributed by atoms with E-state index in [0.717, 1.165) is 5.69 Å². The summed E-state index contributed by atoms with van der Waals surface area (Å²) < 4.78 is 0. The number of hydrogen-bond acceptors (Lipinski definition) is 3. The Labute approximate surface area is 78.3 Å². The van der Waals surface area contributed by atoms with E-state index in [1.54, 1.807) is 19.2 Å². The third kappa shape index (κ3) is 2.86. The summed E-state index contributed by atoms with van der Waals surface area (Å²) in [5.74, 6) is 0. The standard InChI is InChI=1S/C7H11BN3OP/c1-13(8)7(12)6(9)2-5-3-10-4-11-5/h3-4,6H,2,9H2,1H3,(H,10,11). The number of imidazole rings is 1. The first-order valence-electron chi connectivity index (χ1n) is 3.86. The van der Waals surface area contributed by atoms with Gasteiger partial charge in [-0.05, 0) is 0 Å². The van der Waals surface area contributed by atoms with Gasteiger partial charge in [-0.15, -0.1) is 0 Å². The fraction of sp³-hybridized carbons (Fsp3) is 0.429. The summed E-state index contributed by atoms with van der Waals surface area (Å²) in [7, 11) is 4.39. The van der Waals surface area contributed by atoms with Crippen molar-refractivity contribution < 1.29 is 4.79 Å². The van der Waals surface area contributed by atoms with Crippen molar-refractivity contribution in [1.29, 1.82) is 0 Å². The first-order valence-corrected chi connectivity index (χ1v) is 5.72. The fourth-order valence-electron chi connectivity index (χ4n) is 0.977. The average molecular weight is 195 g/mol. The molecule has 0 saturated carbocycles. The van der Waals surface area contributed by atoms with Crippen LogP contribution in [0.4, 0.5) is 0 Å². The SMILES string of the molecule is B#P(C)C(=O)C(N)Cc1c[nH]cn1. The normalized spacial score (nSPS) is 14.0. The van der Waals surface area contributed by atoms with E-state index in [1.165, 1.54) is 0 Å². The van der Waals surface area contributed by atoms with Gasteiger partial charge in [-0.3, -0.25) is 0 Å². The number of carbonyl (C=O) groups excluding carboxylic acids is 1. The number of aromatic amines is 1. The molecule has 0 fully saturated rings. The van der Waals surface area contributed by atoms with Crippen LogP contribution in [-0.2, 0) is 11.2 Å². The van der Waals surface area contributed by atoms with Crippen LogP contribution in [0.1, 0.15) is 5.69 Å². The third-order valence-electron chi connectivity index (χ3n) is 1.65. The molecule has 0 aliphatic rings. The van der Waals surface area contributed by atoms with E-state index in [-0.39, 0.29) is 5.52 Å². The molecule has 68 valence electrons. The molecule has 1 aromatic rings. The molecule has 0 bridgehead atoms. The molecule has 0 amide bonds. The van der Waals surface area contributed by atoms with E-state index in [2.05, 4.69) is 9.97 Å². The van der Waals surface area contributed by atoms with Gasteiger partial charge in [-0.2, -0.15) is 0 Å². The molecule has 0 aromatic carbocycles. The predicted octanol–water partition coefficient (Wildman–Crippen LogP) is 0.00130. The van der Waals surface area contributed by atoms with Gasteiger partial charge in [0, 0.05) is 0 Å². The van der Waals surface area contributed by atoms with Crippen LogP contribution in [0.5, 0.6) is 0 Å². The van der Waals surface area contributed by atoms with E-state index in [0.29, 0.717) is 6.42 Å². The summed E-state index contributed by atoms with van der Waals surface area (Å²) in [5, 5.41) is 0. The minimum atomic E-state index is -1.08. The van der Waals surface area contributed by atoms with Crippen LogP contribution in [0.2, 0.25) is 0 Å². The zero-order chi connectivity index (χ0) is 9.84. The van der Waals surface area contributed by atoms with Crippen molar-refractivity contribution in [2.24, 2.45) is 5.73 Å². The van der Waals surface area contributed by atoms with Gasteiger partial charge in [0.2, 0.25) is 0 Å². The summed E-state index contributed by atoms with van der Waals surface area (Å²) in [5.41, 5.74) is 6.36. The molecule has 1 rings (SSSR count). The monoisotopic (exact) mass is 195 g/mol. The molecular formula is C7H11BN3OP. The summed E-state index contributed by atoms with van der Waals surface area (Å²) >= 11 is 0. The van der Waals surface area contributed by atoms with E-state index in [4.69, 9.17) is 12.7 Å². The topological polar surface area (TPSA) is 71.8 Å². The van der Waals surface area contributed by atoms with Gasteiger partial charge in [0.05, 0.1) is 0 Å². The second kappa shape index (κ2) is 4.44. The van der Waals surface area contributed by atoms with Crippen molar-refractivity contribution in [2.45, 2.75) is 12.5 Å². The number of hydrogen-bond donors (Lipinski definition) is 2. The van der Waals surface area contributed by atoms with Gasteiger partial charge < -0.3 is 0 Å². The number of aromatic nitrogens is 2. The van der Waals surface area contributed by atoms with Crippen molar-refractivity contribution in [3.05, 3.63) is 18.2 Å². The molecule has 0 radical (unpaired) electrons. The summed E-state index contributed by atoms with van der Waals surface area (Å²) in [6.45, 7) is 1.70. The van der Waals surface area contributed by atoms with Gasteiger partial charge >= 0.3 is 77.6 Å². The third-order valence-corrected chi connectivity index (χ3v) is 2.68. The number of carbonyl (C=O) groups is 1. The number of nitrogens with two attached hydrogens (primary N) is 1. The first kappa shape index (κ1) is 10.3. The molecule has 6 heteroatoms. The maximum absolute atomic E-state index is 11.3. The molecule has 1 aromatic heterocycles. The van der Waals surface area contributed by atoms with E-state index >= 15 is 0 Å². The molecule has 4 nitrogen and oxygen atoms in total. The van der Waals surface area contributed by atoms with Gasteiger partial charge in [0.25, 0.3) is 0 Å². The van der Waals surface area contributed by atoms with Crippen molar-refractivity contribution in [3.8, 4) is 0 Å². The van der Waals surface area contributed by atoms with E-state index in [9.17, 15) is 4.79 Å². The first-order chi connectivity index (χ1) is 6.11. The Morgan fingerprint density at radius 3 is 3.08 bits per heavy atom. The molecule has 0 aliphatic carbocycles. The molecule has 0 spiro atoms. The Bertz CT molecular complexity index is 354. The van der Waals surface area contributed by atoms with Crippen LogP contribution in [0, 0.1) is 0 Å². The second-order valence-electron chi connectivity index (χ2n) is 2.82. The fourth-order valence-corrected chi connectivity index (χ4v) is 1.59. The molecule has 1 heterocycles. The Hall–Kier alpha value is -0.795. The minimum absolute atomic E-state index is 0.0713. The van der Waals surface area contributed by atoms with Crippen LogP contribution < -0.4 is 5.73 Å².